The first-order chi connectivity index (χ1) is 18.4. The summed E-state index contributed by atoms with van der Waals surface area (Å²) in [5.74, 6) is -1.29. The molecule has 0 aromatic heterocycles. The molecule has 0 aliphatic carbocycles. The monoisotopic (exact) mass is 525 g/mol. The van der Waals surface area contributed by atoms with E-state index >= 15 is 0 Å². The molecule has 0 bridgehead atoms. The van der Waals surface area contributed by atoms with Gasteiger partial charge in [0.2, 0.25) is 11.9 Å². The Bertz CT molecular complexity index is 1040. The van der Waals surface area contributed by atoms with Crippen LogP contribution < -0.4 is 10.6 Å². The lowest BCUT2D eigenvalue weighted by Gasteiger charge is -2.32. The molecule has 1 amide bonds. The highest BCUT2D eigenvalue weighted by molar-refractivity contribution is 5.83. The van der Waals surface area contributed by atoms with Gasteiger partial charge >= 0.3 is 5.97 Å². The van der Waals surface area contributed by atoms with Crippen LogP contribution in [0.15, 0.2) is 60.7 Å². The Balaban J connectivity index is 1.87. The third-order valence-corrected chi connectivity index (χ3v) is 7.37. The molecule has 1 aliphatic rings. The van der Waals surface area contributed by atoms with Gasteiger partial charge in [0.1, 0.15) is 6.04 Å². The van der Waals surface area contributed by atoms with Gasteiger partial charge in [-0.05, 0) is 29.9 Å². The van der Waals surface area contributed by atoms with Gasteiger partial charge < -0.3 is 14.8 Å². The van der Waals surface area contributed by atoms with Gasteiger partial charge in [0, 0.05) is 17.9 Å². The Kier molecular flexibility index (Phi) is 11.2. The molecule has 0 spiro atoms. The maximum atomic E-state index is 13.5. The normalized spacial score (nSPS) is 22.4. The van der Waals surface area contributed by atoms with Gasteiger partial charge in [0.15, 0.2) is 0 Å². The molecule has 1 aliphatic heterocycles. The number of carbonyl (C=O) groups excluding carboxylic acids is 2. The fourth-order valence-corrected chi connectivity index (χ4v) is 5.14. The zero-order chi connectivity index (χ0) is 27.5. The number of hydrogen-bond acceptors (Lipinski definition) is 7. The van der Waals surface area contributed by atoms with Crippen molar-refractivity contribution in [2.24, 2.45) is 11.8 Å². The number of methoxy groups -OCH3 is 1. The largest absolute Gasteiger partial charge is 0.469 e. The van der Waals surface area contributed by atoms with Gasteiger partial charge in [-0.25, -0.2) is 0 Å². The minimum absolute atomic E-state index is 0.0159. The second-order valence-corrected chi connectivity index (χ2v) is 9.86. The molecular formula is C29H39N3O6. The first-order valence-corrected chi connectivity index (χ1v) is 13.3. The average molecular weight is 526 g/mol. The molecule has 206 valence electrons. The summed E-state index contributed by atoms with van der Waals surface area (Å²) in [6, 6.07) is 16.4. The number of nitro groups is 1. The SMILES string of the molecule is CC[C@H](C)[C@H](OCc1ccccc1)[C@H]1[C@H]([N+](=O)[O-])[C@H](c2ccccc2)N[C@@H]1C(=O)NCCCCC(=O)OC. The molecule has 9 nitrogen and oxygen atoms in total. The third-order valence-electron chi connectivity index (χ3n) is 7.37. The van der Waals surface area contributed by atoms with E-state index in [0.29, 0.717) is 26.0 Å². The minimum Gasteiger partial charge on any atom is -0.469 e. The van der Waals surface area contributed by atoms with E-state index in [4.69, 9.17) is 4.74 Å². The van der Waals surface area contributed by atoms with Crippen molar-refractivity contribution in [2.45, 2.75) is 70.4 Å². The van der Waals surface area contributed by atoms with Crippen LogP contribution in [-0.2, 0) is 25.7 Å². The Morgan fingerprint density at radius 3 is 2.34 bits per heavy atom. The van der Waals surface area contributed by atoms with Gasteiger partial charge in [-0.15, -0.1) is 0 Å². The van der Waals surface area contributed by atoms with Crippen molar-refractivity contribution in [3.63, 3.8) is 0 Å². The van der Waals surface area contributed by atoms with Crippen molar-refractivity contribution in [3.05, 3.63) is 81.9 Å². The van der Waals surface area contributed by atoms with Gasteiger partial charge in [-0.1, -0.05) is 80.9 Å². The lowest BCUT2D eigenvalue weighted by Crippen LogP contribution is -2.51. The van der Waals surface area contributed by atoms with E-state index in [1.165, 1.54) is 7.11 Å². The van der Waals surface area contributed by atoms with Crippen molar-refractivity contribution in [1.82, 2.24) is 10.6 Å². The average Bonchev–Trinajstić information content (AvgIpc) is 3.34. The summed E-state index contributed by atoms with van der Waals surface area (Å²) in [5.41, 5.74) is 1.73. The first kappa shape index (κ1) is 29.3. The van der Waals surface area contributed by atoms with E-state index in [0.717, 1.165) is 17.5 Å². The number of hydrogen-bond donors (Lipinski definition) is 2. The smallest absolute Gasteiger partial charge is 0.305 e. The van der Waals surface area contributed by atoms with Crippen LogP contribution in [0.5, 0.6) is 0 Å². The van der Waals surface area contributed by atoms with Crippen LogP contribution in [0.25, 0.3) is 0 Å². The maximum absolute atomic E-state index is 13.5. The summed E-state index contributed by atoms with van der Waals surface area (Å²) in [4.78, 5) is 37.2. The van der Waals surface area contributed by atoms with E-state index in [1.54, 1.807) is 0 Å². The van der Waals surface area contributed by atoms with Gasteiger partial charge in [-0.3, -0.25) is 25.0 Å². The molecule has 1 heterocycles. The maximum Gasteiger partial charge on any atom is 0.305 e. The predicted molar refractivity (Wildman–Crippen MR) is 144 cm³/mol. The van der Waals surface area contributed by atoms with Crippen molar-refractivity contribution < 1.29 is 24.0 Å². The summed E-state index contributed by atoms with van der Waals surface area (Å²) in [7, 11) is 1.35. The third kappa shape index (κ3) is 7.61. The number of carbonyl (C=O) groups is 2. The Labute approximate surface area is 224 Å². The van der Waals surface area contributed by atoms with Crippen molar-refractivity contribution in [3.8, 4) is 0 Å². The number of benzene rings is 2. The van der Waals surface area contributed by atoms with Crippen LogP contribution in [-0.4, -0.2) is 48.6 Å². The Morgan fingerprint density at radius 2 is 1.74 bits per heavy atom. The molecule has 1 fully saturated rings. The molecule has 2 aromatic rings. The second kappa shape index (κ2) is 14.6. The summed E-state index contributed by atoms with van der Waals surface area (Å²) in [6.07, 6.45) is 1.68. The van der Waals surface area contributed by atoms with E-state index in [2.05, 4.69) is 15.4 Å². The molecule has 0 radical (unpaired) electrons. The van der Waals surface area contributed by atoms with Gasteiger partial charge in [0.05, 0.1) is 31.8 Å². The number of amides is 1. The zero-order valence-corrected chi connectivity index (χ0v) is 22.4. The fraction of sp³-hybridized carbons (Fsp3) is 0.517. The van der Waals surface area contributed by atoms with Crippen LogP contribution >= 0.6 is 0 Å². The predicted octanol–water partition coefficient (Wildman–Crippen LogP) is 4.05. The fourth-order valence-electron chi connectivity index (χ4n) is 5.14. The van der Waals surface area contributed by atoms with Crippen LogP contribution in [0.4, 0.5) is 0 Å². The molecular weight excluding hydrogens is 486 g/mol. The van der Waals surface area contributed by atoms with E-state index in [-0.39, 0.29) is 29.1 Å². The Hall–Kier alpha value is -3.30. The molecule has 0 saturated carbocycles. The van der Waals surface area contributed by atoms with E-state index in [1.807, 2.05) is 74.5 Å². The molecule has 0 unspecified atom stereocenters. The van der Waals surface area contributed by atoms with Gasteiger partial charge in [0.25, 0.3) is 0 Å². The summed E-state index contributed by atoms with van der Waals surface area (Å²) < 4.78 is 11.1. The summed E-state index contributed by atoms with van der Waals surface area (Å²) in [5, 5.41) is 18.8. The lowest BCUT2D eigenvalue weighted by atomic mass is 9.80. The number of ether oxygens (including phenoxy) is 2. The molecule has 2 N–H and O–H groups in total. The topological polar surface area (TPSA) is 120 Å². The molecule has 3 rings (SSSR count). The van der Waals surface area contributed by atoms with Crippen LogP contribution in [0.1, 0.15) is 56.7 Å². The van der Waals surface area contributed by atoms with Crippen LogP contribution in [0.2, 0.25) is 0 Å². The number of unbranched alkanes of at least 4 members (excludes halogenated alkanes) is 1. The van der Waals surface area contributed by atoms with Crippen LogP contribution in [0.3, 0.4) is 0 Å². The number of esters is 1. The number of rotatable bonds is 14. The highest BCUT2D eigenvalue weighted by Crippen LogP contribution is 2.39. The minimum atomic E-state index is -1.05. The molecule has 2 aromatic carbocycles. The number of nitrogens with zero attached hydrogens (tertiary/aromatic N) is 1. The highest BCUT2D eigenvalue weighted by atomic mass is 16.6. The zero-order valence-electron chi connectivity index (χ0n) is 22.4. The van der Waals surface area contributed by atoms with E-state index < -0.39 is 30.1 Å². The lowest BCUT2D eigenvalue weighted by molar-refractivity contribution is -0.535. The molecule has 6 atom stereocenters. The Morgan fingerprint density at radius 1 is 1.08 bits per heavy atom. The van der Waals surface area contributed by atoms with Crippen molar-refractivity contribution in [1.29, 1.82) is 0 Å². The van der Waals surface area contributed by atoms with Crippen molar-refractivity contribution >= 4 is 11.9 Å². The molecule has 38 heavy (non-hydrogen) atoms. The second-order valence-electron chi connectivity index (χ2n) is 9.86. The summed E-state index contributed by atoms with van der Waals surface area (Å²) >= 11 is 0. The van der Waals surface area contributed by atoms with Crippen LogP contribution in [0, 0.1) is 22.0 Å². The first-order valence-electron chi connectivity index (χ1n) is 13.3. The highest BCUT2D eigenvalue weighted by Gasteiger charge is 2.57. The molecule has 9 heteroatoms. The molecule has 1 saturated heterocycles. The van der Waals surface area contributed by atoms with Crippen molar-refractivity contribution in [2.75, 3.05) is 13.7 Å². The number of nitrogens with one attached hydrogen (secondary N) is 2. The van der Waals surface area contributed by atoms with Gasteiger partial charge in [-0.2, -0.15) is 0 Å². The quantitative estimate of drug-likeness (QED) is 0.165. The standard InChI is InChI=1S/C29H39N3O6/c1-4-20(2)28(38-19-21-13-7-5-8-14-21)24-26(29(34)30-18-12-11-17-23(33)37-3)31-25(27(24)32(35)36)22-15-9-6-10-16-22/h5-10,13-16,20,24-28,31H,4,11-12,17-19H2,1-3H3,(H,30,34)/t20-,24+,25-,26-,27-,28-/m0/s1. The summed E-state index contributed by atoms with van der Waals surface area (Å²) in [6.45, 7) is 4.70. The van der Waals surface area contributed by atoms with E-state index in [9.17, 15) is 19.7 Å².